The minimum absolute atomic E-state index is 0.0981. The van der Waals surface area contributed by atoms with Crippen molar-refractivity contribution in [1.29, 1.82) is 0 Å². The third kappa shape index (κ3) is 3.21. The van der Waals surface area contributed by atoms with Crippen LogP contribution in [-0.2, 0) is 21.4 Å². The lowest BCUT2D eigenvalue weighted by Gasteiger charge is -2.32. The van der Waals surface area contributed by atoms with Gasteiger partial charge in [-0.2, -0.15) is 5.10 Å². The van der Waals surface area contributed by atoms with Crippen molar-refractivity contribution in [3.8, 4) is 0 Å². The minimum atomic E-state index is -0.500. The van der Waals surface area contributed by atoms with E-state index in [9.17, 15) is 9.59 Å². The quantitative estimate of drug-likeness (QED) is 0.835. The SMILES string of the molecule is C=C(C)[C@H]1OCC[C@H]1C(=O)N[C@H]1CCCN(c2ccn(C)n2)C1=O. The molecule has 0 aromatic carbocycles. The van der Waals surface area contributed by atoms with E-state index in [1.165, 1.54) is 0 Å². The zero-order chi connectivity index (χ0) is 17.3. The van der Waals surface area contributed by atoms with Crippen LogP contribution in [-0.4, -0.2) is 46.9 Å². The Hall–Kier alpha value is -2.15. The molecule has 7 heteroatoms. The Morgan fingerprint density at radius 2 is 2.25 bits per heavy atom. The Morgan fingerprint density at radius 3 is 2.92 bits per heavy atom. The Bertz CT molecular complexity index is 654. The van der Waals surface area contributed by atoms with Crippen molar-refractivity contribution in [1.82, 2.24) is 15.1 Å². The fourth-order valence-electron chi connectivity index (χ4n) is 3.41. The molecule has 0 saturated carbocycles. The lowest BCUT2D eigenvalue weighted by Crippen LogP contribution is -2.54. The van der Waals surface area contributed by atoms with Crippen LogP contribution in [0.2, 0.25) is 0 Å². The molecule has 0 bridgehead atoms. The monoisotopic (exact) mass is 332 g/mol. The van der Waals surface area contributed by atoms with E-state index in [4.69, 9.17) is 4.74 Å². The normalized spacial score (nSPS) is 27.3. The van der Waals surface area contributed by atoms with Crippen LogP contribution >= 0.6 is 0 Å². The number of carbonyl (C=O) groups is 2. The summed E-state index contributed by atoms with van der Waals surface area (Å²) in [7, 11) is 1.81. The average Bonchev–Trinajstić information content (AvgIpc) is 3.18. The van der Waals surface area contributed by atoms with Crippen molar-refractivity contribution in [2.24, 2.45) is 13.0 Å². The number of aromatic nitrogens is 2. The first-order chi connectivity index (χ1) is 11.5. The number of rotatable bonds is 4. The van der Waals surface area contributed by atoms with E-state index in [0.717, 1.165) is 12.0 Å². The molecule has 2 saturated heterocycles. The van der Waals surface area contributed by atoms with Gasteiger partial charge < -0.3 is 10.1 Å². The summed E-state index contributed by atoms with van der Waals surface area (Å²) in [5, 5.41) is 7.20. The maximum Gasteiger partial charge on any atom is 0.250 e. The molecular formula is C17H24N4O3. The lowest BCUT2D eigenvalue weighted by atomic mass is 9.95. The van der Waals surface area contributed by atoms with Crippen molar-refractivity contribution in [3.63, 3.8) is 0 Å². The van der Waals surface area contributed by atoms with Crippen LogP contribution in [0, 0.1) is 5.92 Å². The molecule has 2 aliphatic heterocycles. The lowest BCUT2D eigenvalue weighted by molar-refractivity contribution is -0.131. The van der Waals surface area contributed by atoms with E-state index >= 15 is 0 Å². The first-order valence-corrected chi connectivity index (χ1v) is 8.36. The second-order valence-corrected chi connectivity index (χ2v) is 6.57. The zero-order valence-electron chi connectivity index (χ0n) is 14.2. The van der Waals surface area contributed by atoms with Gasteiger partial charge in [0.2, 0.25) is 5.91 Å². The number of hydrogen-bond donors (Lipinski definition) is 1. The highest BCUT2D eigenvalue weighted by Crippen LogP contribution is 2.27. The van der Waals surface area contributed by atoms with E-state index in [0.29, 0.717) is 31.8 Å². The molecule has 130 valence electrons. The van der Waals surface area contributed by atoms with Crippen LogP contribution < -0.4 is 10.2 Å². The topological polar surface area (TPSA) is 76.5 Å². The summed E-state index contributed by atoms with van der Waals surface area (Å²) in [6.45, 7) is 6.94. The number of nitrogens with one attached hydrogen (secondary N) is 1. The second kappa shape index (κ2) is 6.76. The number of hydrogen-bond acceptors (Lipinski definition) is 4. The van der Waals surface area contributed by atoms with Crippen molar-refractivity contribution in [2.45, 2.75) is 38.3 Å². The van der Waals surface area contributed by atoms with Crippen LogP contribution in [0.25, 0.3) is 0 Å². The standard InChI is InChI=1S/C17H24N4O3/c1-11(2)15-12(7-10-24-15)16(22)18-13-5-4-8-21(17(13)23)14-6-9-20(3)19-14/h6,9,12-13,15H,1,4-5,7-8,10H2,2-3H3,(H,18,22)/t12-,13+,15-/m1/s1. The Kier molecular flexibility index (Phi) is 4.71. The highest BCUT2D eigenvalue weighted by molar-refractivity contribution is 5.99. The molecule has 3 rings (SSSR count). The van der Waals surface area contributed by atoms with E-state index in [-0.39, 0.29) is 23.8 Å². The van der Waals surface area contributed by atoms with Crippen LogP contribution in [0.5, 0.6) is 0 Å². The number of aryl methyl sites for hydroxylation is 1. The molecule has 2 amide bonds. The summed E-state index contributed by atoms with van der Waals surface area (Å²) in [6.07, 6.45) is 3.69. The van der Waals surface area contributed by atoms with Crippen LogP contribution in [0.1, 0.15) is 26.2 Å². The van der Waals surface area contributed by atoms with E-state index < -0.39 is 6.04 Å². The third-order valence-electron chi connectivity index (χ3n) is 4.65. The maximum atomic E-state index is 12.7. The molecule has 1 aromatic rings. The largest absolute Gasteiger partial charge is 0.373 e. The fourth-order valence-corrected chi connectivity index (χ4v) is 3.41. The highest BCUT2D eigenvalue weighted by atomic mass is 16.5. The number of piperidine rings is 1. The van der Waals surface area contributed by atoms with Gasteiger partial charge in [-0.15, -0.1) is 0 Å². The van der Waals surface area contributed by atoms with E-state index in [2.05, 4.69) is 17.0 Å². The van der Waals surface area contributed by atoms with Crippen LogP contribution in [0.15, 0.2) is 24.4 Å². The van der Waals surface area contributed by atoms with Gasteiger partial charge in [0, 0.05) is 32.5 Å². The number of nitrogens with zero attached hydrogens (tertiary/aromatic N) is 3. The Morgan fingerprint density at radius 1 is 1.46 bits per heavy atom. The molecule has 2 aliphatic rings. The van der Waals surface area contributed by atoms with Gasteiger partial charge >= 0.3 is 0 Å². The van der Waals surface area contributed by atoms with Gasteiger partial charge in [0.25, 0.3) is 5.91 Å². The molecule has 3 atom stereocenters. The summed E-state index contributed by atoms with van der Waals surface area (Å²) in [5.41, 5.74) is 0.845. The van der Waals surface area contributed by atoms with Crippen molar-refractivity contribution < 1.29 is 14.3 Å². The number of anilines is 1. The van der Waals surface area contributed by atoms with E-state index in [1.54, 1.807) is 15.8 Å². The van der Waals surface area contributed by atoms with Gasteiger partial charge in [-0.05, 0) is 26.2 Å². The molecule has 0 unspecified atom stereocenters. The average molecular weight is 332 g/mol. The highest BCUT2D eigenvalue weighted by Gasteiger charge is 2.38. The summed E-state index contributed by atoms with van der Waals surface area (Å²) < 4.78 is 7.25. The molecule has 0 radical (unpaired) electrons. The number of ether oxygens (including phenoxy) is 1. The molecule has 0 spiro atoms. The predicted molar refractivity (Wildman–Crippen MR) is 89.4 cm³/mol. The maximum absolute atomic E-state index is 12.7. The van der Waals surface area contributed by atoms with Crippen LogP contribution in [0.3, 0.4) is 0 Å². The Balaban J connectivity index is 1.67. The Labute approximate surface area is 141 Å². The number of carbonyl (C=O) groups excluding carboxylic acids is 2. The molecular weight excluding hydrogens is 308 g/mol. The zero-order valence-corrected chi connectivity index (χ0v) is 14.2. The molecule has 1 aromatic heterocycles. The van der Waals surface area contributed by atoms with Gasteiger partial charge in [0.15, 0.2) is 5.82 Å². The van der Waals surface area contributed by atoms with E-state index in [1.807, 2.05) is 20.0 Å². The molecule has 24 heavy (non-hydrogen) atoms. The van der Waals surface area contributed by atoms with Crippen molar-refractivity contribution in [2.75, 3.05) is 18.1 Å². The minimum Gasteiger partial charge on any atom is -0.373 e. The molecule has 0 aliphatic carbocycles. The predicted octanol–water partition coefficient (Wildman–Crippen LogP) is 1.01. The van der Waals surface area contributed by atoms with Gasteiger partial charge in [-0.3, -0.25) is 19.2 Å². The fraction of sp³-hybridized carbons (Fsp3) is 0.588. The summed E-state index contributed by atoms with van der Waals surface area (Å²) in [4.78, 5) is 27.0. The molecule has 3 heterocycles. The van der Waals surface area contributed by atoms with Crippen molar-refractivity contribution >= 4 is 17.6 Å². The molecule has 2 fully saturated rings. The van der Waals surface area contributed by atoms with Gasteiger partial charge in [-0.25, -0.2) is 0 Å². The summed E-state index contributed by atoms with van der Waals surface area (Å²) in [6, 6.07) is 1.31. The van der Waals surface area contributed by atoms with Gasteiger partial charge in [0.1, 0.15) is 6.04 Å². The third-order valence-corrected chi connectivity index (χ3v) is 4.65. The second-order valence-electron chi connectivity index (χ2n) is 6.57. The summed E-state index contributed by atoms with van der Waals surface area (Å²) in [5.74, 6) is 0.145. The van der Waals surface area contributed by atoms with Gasteiger partial charge in [-0.1, -0.05) is 12.2 Å². The van der Waals surface area contributed by atoms with Crippen molar-refractivity contribution in [3.05, 3.63) is 24.4 Å². The first-order valence-electron chi connectivity index (χ1n) is 8.36. The first kappa shape index (κ1) is 16.7. The summed E-state index contributed by atoms with van der Waals surface area (Å²) >= 11 is 0. The molecule has 7 nitrogen and oxygen atoms in total. The van der Waals surface area contributed by atoms with Gasteiger partial charge in [0.05, 0.1) is 12.0 Å². The smallest absolute Gasteiger partial charge is 0.250 e. The molecule has 1 N–H and O–H groups in total. The number of amides is 2. The van der Waals surface area contributed by atoms with Crippen LogP contribution in [0.4, 0.5) is 5.82 Å².